The molecule has 0 rings (SSSR count). The van der Waals surface area contributed by atoms with Crippen LogP contribution in [0.1, 0.15) is 12.8 Å². The highest BCUT2D eigenvalue weighted by molar-refractivity contribution is 7.84. The second kappa shape index (κ2) is 9.58. The Morgan fingerprint density at radius 3 is 2.79 bits per heavy atom. The Bertz CT molecular complexity index is 156. The summed E-state index contributed by atoms with van der Waals surface area (Å²) < 4.78 is 15.9. The van der Waals surface area contributed by atoms with Crippen LogP contribution in [0.25, 0.3) is 0 Å². The third-order valence-corrected chi connectivity index (χ3v) is 2.73. The number of rotatable bonds is 9. The summed E-state index contributed by atoms with van der Waals surface area (Å²) in [4.78, 5) is 0. The van der Waals surface area contributed by atoms with Crippen LogP contribution >= 0.6 is 0 Å². The molecule has 0 saturated heterocycles. The van der Waals surface area contributed by atoms with Crippen molar-refractivity contribution in [3.63, 3.8) is 0 Å². The van der Waals surface area contributed by atoms with E-state index in [1.165, 1.54) is 0 Å². The molecular weight excluding hydrogens is 200 g/mol. The standard InChI is InChI=1S/C9H22N2O2S/c1-13-8-9(4-3-5-10)11-6-7-14(2)12/h9,11H,3-8,10H2,1-2H3. The molecule has 0 fully saturated rings. The van der Waals surface area contributed by atoms with Crippen LogP contribution < -0.4 is 11.1 Å². The lowest BCUT2D eigenvalue weighted by Crippen LogP contribution is -2.36. The highest BCUT2D eigenvalue weighted by Gasteiger charge is 2.06. The molecule has 0 heterocycles. The van der Waals surface area contributed by atoms with Crippen molar-refractivity contribution in [2.45, 2.75) is 18.9 Å². The van der Waals surface area contributed by atoms with E-state index >= 15 is 0 Å². The molecule has 0 aromatic carbocycles. The summed E-state index contributed by atoms with van der Waals surface area (Å²) in [5.41, 5.74) is 5.43. The van der Waals surface area contributed by atoms with Crippen LogP contribution in [0.5, 0.6) is 0 Å². The molecule has 14 heavy (non-hydrogen) atoms. The minimum Gasteiger partial charge on any atom is -0.383 e. The largest absolute Gasteiger partial charge is 0.383 e. The van der Waals surface area contributed by atoms with E-state index in [2.05, 4.69) is 5.32 Å². The maximum absolute atomic E-state index is 10.8. The van der Waals surface area contributed by atoms with E-state index in [1.54, 1.807) is 13.4 Å². The minimum absolute atomic E-state index is 0.340. The minimum atomic E-state index is -0.720. The van der Waals surface area contributed by atoms with Gasteiger partial charge < -0.3 is 15.8 Å². The van der Waals surface area contributed by atoms with Crippen molar-refractivity contribution in [1.82, 2.24) is 5.32 Å². The van der Waals surface area contributed by atoms with Crippen molar-refractivity contribution >= 4 is 10.8 Å². The van der Waals surface area contributed by atoms with Crippen molar-refractivity contribution in [3.05, 3.63) is 0 Å². The summed E-state index contributed by atoms with van der Waals surface area (Å²) in [6.07, 6.45) is 3.73. The first kappa shape index (κ1) is 14.0. The van der Waals surface area contributed by atoms with Crippen molar-refractivity contribution in [3.8, 4) is 0 Å². The molecule has 0 bridgehead atoms. The first-order valence-electron chi connectivity index (χ1n) is 4.93. The van der Waals surface area contributed by atoms with Gasteiger partial charge in [-0.25, -0.2) is 0 Å². The normalized spacial score (nSPS) is 15.4. The van der Waals surface area contributed by atoms with Gasteiger partial charge in [0.2, 0.25) is 0 Å². The van der Waals surface area contributed by atoms with Crippen LogP contribution in [0.15, 0.2) is 0 Å². The van der Waals surface area contributed by atoms with Gasteiger partial charge in [-0.05, 0) is 19.4 Å². The molecule has 0 saturated carbocycles. The predicted molar refractivity (Wildman–Crippen MR) is 60.9 cm³/mol. The summed E-state index contributed by atoms with van der Waals surface area (Å²) in [5.74, 6) is 0.697. The Morgan fingerprint density at radius 1 is 1.57 bits per heavy atom. The third kappa shape index (κ3) is 8.62. The maximum Gasteiger partial charge on any atom is 0.0615 e. The smallest absolute Gasteiger partial charge is 0.0615 e. The van der Waals surface area contributed by atoms with Crippen molar-refractivity contribution < 1.29 is 8.95 Å². The number of nitrogens with one attached hydrogen (secondary N) is 1. The summed E-state index contributed by atoms with van der Waals surface area (Å²) in [6.45, 7) is 2.18. The third-order valence-electron chi connectivity index (χ3n) is 1.95. The van der Waals surface area contributed by atoms with E-state index in [0.717, 1.165) is 19.4 Å². The van der Waals surface area contributed by atoms with E-state index in [9.17, 15) is 4.21 Å². The first-order chi connectivity index (χ1) is 6.70. The van der Waals surface area contributed by atoms with Crippen molar-refractivity contribution in [1.29, 1.82) is 0 Å². The Hall–Kier alpha value is 0.0300. The molecule has 86 valence electrons. The maximum atomic E-state index is 10.8. The summed E-state index contributed by atoms with van der Waals surface area (Å²) in [6, 6.07) is 0.340. The van der Waals surface area contributed by atoms with Gasteiger partial charge in [0.1, 0.15) is 0 Å². The van der Waals surface area contributed by atoms with Crippen LogP contribution in [0, 0.1) is 0 Å². The second-order valence-electron chi connectivity index (χ2n) is 3.31. The van der Waals surface area contributed by atoms with Gasteiger partial charge in [-0.1, -0.05) is 0 Å². The number of hydrogen-bond donors (Lipinski definition) is 2. The monoisotopic (exact) mass is 222 g/mol. The molecule has 0 aliphatic heterocycles. The number of ether oxygens (including phenoxy) is 1. The zero-order valence-electron chi connectivity index (χ0n) is 9.12. The molecule has 2 atom stereocenters. The second-order valence-corrected chi connectivity index (χ2v) is 4.87. The quantitative estimate of drug-likeness (QED) is 0.562. The van der Waals surface area contributed by atoms with Gasteiger partial charge in [-0.2, -0.15) is 0 Å². The van der Waals surface area contributed by atoms with Crippen LogP contribution in [0.3, 0.4) is 0 Å². The Balaban J connectivity index is 3.55. The highest BCUT2D eigenvalue weighted by atomic mass is 32.2. The SMILES string of the molecule is COCC(CCCN)NCCS(C)=O. The Labute approximate surface area is 89.0 Å². The van der Waals surface area contributed by atoms with E-state index in [-0.39, 0.29) is 0 Å². The van der Waals surface area contributed by atoms with Gasteiger partial charge in [0.15, 0.2) is 0 Å². The lowest BCUT2D eigenvalue weighted by atomic mass is 10.1. The molecule has 0 aromatic rings. The lowest BCUT2D eigenvalue weighted by Gasteiger charge is -2.16. The molecule has 2 unspecified atom stereocenters. The van der Waals surface area contributed by atoms with Gasteiger partial charge in [-0.3, -0.25) is 4.21 Å². The summed E-state index contributed by atoms with van der Waals surface area (Å²) in [5, 5.41) is 3.31. The fraction of sp³-hybridized carbons (Fsp3) is 1.00. The van der Waals surface area contributed by atoms with Crippen molar-refractivity contribution in [2.24, 2.45) is 5.73 Å². The molecule has 0 aliphatic carbocycles. The van der Waals surface area contributed by atoms with Gasteiger partial charge in [-0.15, -0.1) is 0 Å². The predicted octanol–water partition coefficient (Wildman–Crippen LogP) is -0.292. The van der Waals surface area contributed by atoms with Gasteiger partial charge >= 0.3 is 0 Å². The molecule has 0 aromatic heterocycles. The number of hydrogen-bond acceptors (Lipinski definition) is 4. The first-order valence-corrected chi connectivity index (χ1v) is 6.65. The molecule has 4 nitrogen and oxygen atoms in total. The van der Waals surface area contributed by atoms with Gasteiger partial charge in [0.25, 0.3) is 0 Å². The fourth-order valence-electron chi connectivity index (χ4n) is 1.22. The molecule has 0 spiro atoms. The number of nitrogens with two attached hydrogens (primary N) is 1. The Kier molecular flexibility index (Phi) is 9.60. The van der Waals surface area contributed by atoms with E-state index in [0.29, 0.717) is 24.9 Å². The van der Waals surface area contributed by atoms with Gasteiger partial charge in [0, 0.05) is 42.5 Å². The molecule has 5 heteroatoms. The van der Waals surface area contributed by atoms with Crippen LogP contribution in [-0.4, -0.2) is 49.1 Å². The average Bonchev–Trinajstić information content (AvgIpc) is 2.13. The zero-order valence-corrected chi connectivity index (χ0v) is 9.94. The van der Waals surface area contributed by atoms with E-state index < -0.39 is 10.8 Å². The van der Waals surface area contributed by atoms with Crippen LogP contribution in [0.4, 0.5) is 0 Å². The fourth-order valence-corrected chi connectivity index (χ4v) is 1.62. The zero-order chi connectivity index (χ0) is 10.8. The topological polar surface area (TPSA) is 64.3 Å². The van der Waals surface area contributed by atoms with E-state index in [1.807, 2.05) is 0 Å². The summed E-state index contributed by atoms with van der Waals surface area (Å²) >= 11 is 0. The highest BCUT2D eigenvalue weighted by Crippen LogP contribution is 1.96. The molecule has 0 amide bonds. The lowest BCUT2D eigenvalue weighted by molar-refractivity contribution is 0.163. The number of methoxy groups -OCH3 is 1. The van der Waals surface area contributed by atoms with Crippen molar-refractivity contribution in [2.75, 3.05) is 38.8 Å². The average molecular weight is 222 g/mol. The Morgan fingerprint density at radius 2 is 2.29 bits per heavy atom. The molecule has 3 N–H and O–H groups in total. The van der Waals surface area contributed by atoms with Gasteiger partial charge in [0.05, 0.1) is 6.61 Å². The molecule has 0 aliphatic rings. The van der Waals surface area contributed by atoms with Crippen LogP contribution in [0.2, 0.25) is 0 Å². The van der Waals surface area contributed by atoms with E-state index in [4.69, 9.17) is 10.5 Å². The molecule has 0 radical (unpaired) electrons. The molecular formula is C9H22N2O2S. The summed E-state index contributed by atoms with van der Waals surface area (Å²) in [7, 11) is 0.970. The van der Waals surface area contributed by atoms with Crippen LogP contribution in [-0.2, 0) is 15.5 Å².